The summed E-state index contributed by atoms with van der Waals surface area (Å²) in [4.78, 5) is 61.4. The molecular formula is C35H42N8O5. The molecule has 9 rings (SSSR count). The van der Waals surface area contributed by atoms with E-state index in [1.807, 2.05) is 25.6 Å². The van der Waals surface area contributed by atoms with Crippen molar-refractivity contribution in [3.63, 3.8) is 0 Å². The molecular weight excluding hydrogens is 612 g/mol. The van der Waals surface area contributed by atoms with E-state index >= 15 is 0 Å². The lowest BCUT2D eigenvalue weighted by molar-refractivity contribution is -0.187. The first-order chi connectivity index (χ1) is 23.0. The zero-order valence-electron chi connectivity index (χ0n) is 28.1. The summed E-state index contributed by atoms with van der Waals surface area (Å²) in [6.45, 7) is 7.29. The van der Waals surface area contributed by atoms with Crippen LogP contribution in [0.3, 0.4) is 0 Å². The van der Waals surface area contributed by atoms with Gasteiger partial charge in [-0.25, -0.2) is 15.0 Å². The maximum Gasteiger partial charge on any atom is 0.261 e. The summed E-state index contributed by atoms with van der Waals surface area (Å²) in [5.74, 6) is 0.593. The molecule has 4 heterocycles. The smallest absolute Gasteiger partial charge is 0.261 e. The van der Waals surface area contributed by atoms with Gasteiger partial charge in [0.05, 0.1) is 12.2 Å². The van der Waals surface area contributed by atoms with Gasteiger partial charge >= 0.3 is 0 Å². The lowest BCUT2D eigenvalue weighted by Crippen LogP contribution is -2.76. The SMILES string of the molecule is CCc1c(N2CCN(C(=O)c3c(O)ccc4ncoc34)[C@H]3CC[C@@H]32)c(=O)c2nc(N(C)C)cnc2n1CC(=O)NC12CC(C(C)C)(C1)C2. The monoisotopic (exact) mass is 654 g/mol. The molecule has 1 aromatic carbocycles. The molecule has 1 aliphatic heterocycles. The number of aromatic nitrogens is 4. The van der Waals surface area contributed by atoms with Crippen molar-refractivity contribution >= 4 is 45.6 Å². The van der Waals surface area contributed by atoms with Crippen LogP contribution < -0.4 is 20.5 Å². The van der Waals surface area contributed by atoms with E-state index in [2.05, 4.69) is 29.0 Å². The summed E-state index contributed by atoms with van der Waals surface area (Å²) in [6, 6.07) is 2.80. The molecule has 0 spiro atoms. The van der Waals surface area contributed by atoms with Crippen LogP contribution in [0, 0.1) is 11.3 Å². The second kappa shape index (κ2) is 10.7. The van der Waals surface area contributed by atoms with Crippen LogP contribution in [0.25, 0.3) is 22.3 Å². The van der Waals surface area contributed by atoms with E-state index in [9.17, 15) is 19.5 Å². The number of aromatic hydroxyl groups is 1. The maximum absolute atomic E-state index is 14.5. The van der Waals surface area contributed by atoms with Crippen LogP contribution in [0.15, 0.2) is 33.9 Å². The number of nitrogens with zero attached hydrogens (tertiary/aromatic N) is 7. The van der Waals surface area contributed by atoms with Crippen molar-refractivity contribution < 1.29 is 19.1 Å². The lowest BCUT2D eigenvalue weighted by Gasteiger charge is -2.72. The quantitative estimate of drug-likeness (QED) is 0.289. The number of carbonyl (C=O) groups excluding carboxylic acids is 2. The Kier molecular flexibility index (Phi) is 6.81. The van der Waals surface area contributed by atoms with Gasteiger partial charge in [0.25, 0.3) is 5.91 Å². The first-order valence-corrected chi connectivity index (χ1v) is 17.0. The summed E-state index contributed by atoms with van der Waals surface area (Å²) >= 11 is 0. The van der Waals surface area contributed by atoms with E-state index in [-0.39, 0.29) is 63.8 Å². The molecule has 4 saturated carbocycles. The van der Waals surface area contributed by atoms with E-state index in [0.717, 1.165) is 37.8 Å². The molecule has 1 saturated heterocycles. The molecule has 252 valence electrons. The highest BCUT2D eigenvalue weighted by Crippen LogP contribution is 2.70. The number of phenolic OH excluding ortho intramolecular Hbond substituents is 1. The van der Waals surface area contributed by atoms with Gasteiger partial charge in [-0.1, -0.05) is 20.8 Å². The third kappa shape index (κ3) is 4.35. The number of benzene rings is 1. The van der Waals surface area contributed by atoms with Crippen molar-refractivity contribution in [2.45, 2.75) is 83.5 Å². The largest absolute Gasteiger partial charge is 0.507 e. The number of oxazole rings is 1. The van der Waals surface area contributed by atoms with Crippen LogP contribution in [0.2, 0.25) is 0 Å². The van der Waals surface area contributed by atoms with Gasteiger partial charge in [0.1, 0.15) is 34.9 Å². The molecule has 2 N–H and O–H groups in total. The molecule has 4 aliphatic carbocycles. The van der Waals surface area contributed by atoms with Crippen LogP contribution >= 0.6 is 0 Å². The van der Waals surface area contributed by atoms with Gasteiger partial charge in [-0.05, 0) is 62.0 Å². The maximum atomic E-state index is 14.5. The molecule has 0 radical (unpaired) electrons. The van der Waals surface area contributed by atoms with Crippen LogP contribution in [-0.4, -0.2) is 86.1 Å². The number of rotatable bonds is 8. The number of carbonyl (C=O) groups is 2. The third-order valence-corrected chi connectivity index (χ3v) is 11.6. The van der Waals surface area contributed by atoms with Gasteiger partial charge in [0, 0.05) is 44.5 Å². The summed E-state index contributed by atoms with van der Waals surface area (Å²) in [5.41, 5.74) is 2.76. The van der Waals surface area contributed by atoms with E-state index in [4.69, 9.17) is 14.4 Å². The molecule has 2 bridgehead atoms. The number of hydrogen-bond donors (Lipinski definition) is 2. The molecule has 13 heteroatoms. The minimum Gasteiger partial charge on any atom is -0.507 e. The van der Waals surface area contributed by atoms with E-state index < -0.39 is 0 Å². The average molecular weight is 655 g/mol. The second-order valence-corrected chi connectivity index (χ2v) is 14.8. The number of fused-ring (bicyclic) bond motifs is 3. The topological polar surface area (TPSA) is 150 Å². The zero-order valence-corrected chi connectivity index (χ0v) is 28.1. The van der Waals surface area contributed by atoms with Gasteiger partial charge in [-0.2, -0.15) is 0 Å². The minimum atomic E-state index is -0.318. The Hall–Kier alpha value is -4.68. The molecule has 13 nitrogen and oxygen atoms in total. The highest BCUT2D eigenvalue weighted by Gasteiger charge is 2.69. The van der Waals surface area contributed by atoms with Crippen LogP contribution in [0.4, 0.5) is 11.5 Å². The lowest BCUT2D eigenvalue weighted by atomic mass is 9.36. The van der Waals surface area contributed by atoms with Crippen molar-refractivity contribution in [3.8, 4) is 5.75 Å². The first-order valence-electron chi connectivity index (χ1n) is 17.0. The summed E-state index contributed by atoms with van der Waals surface area (Å²) in [7, 11) is 3.70. The highest BCUT2D eigenvalue weighted by atomic mass is 16.3. The Balaban J connectivity index is 1.15. The van der Waals surface area contributed by atoms with Crippen LogP contribution in [0.1, 0.15) is 68.9 Å². The van der Waals surface area contributed by atoms with Gasteiger partial charge < -0.3 is 34.1 Å². The molecule has 48 heavy (non-hydrogen) atoms. The fourth-order valence-electron chi connectivity index (χ4n) is 8.89. The van der Waals surface area contributed by atoms with Gasteiger partial charge in [0.15, 0.2) is 23.1 Å². The van der Waals surface area contributed by atoms with Crippen molar-refractivity contribution in [1.29, 1.82) is 0 Å². The van der Waals surface area contributed by atoms with Crippen molar-refractivity contribution in [2.75, 3.05) is 37.0 Å². The van der Waals surface area contributed by atoms with E-state index in [1.54, 1.807) is 22.1 Å². The first kappa shape index (κ1) is 30.6. The van der Waals surface area contributed by atoms with E-state index in [1.165, 1.54) is 12.5 Å². The summed E-state index contributed by atoms with van der Waals surface area (Å²) in [5, 5.41) is 14.0. The highest BCUT2D eigenvalue weighted by molar-refractivity contribution is 6.07. The summed E-state index contributed by atoms with van der Waals surface area (Å²) in [6.07, 6.45) is 8.00. The molecule has 5 aliphatic rings. The Morgan fingerprint density at radius 3 is 2.54 bits per heavy atom. The molecule has 2 amide bonds. The second-order valence-electron chi connectivity index (χ2n) is 14.8. The van der Waals surface area contributed by atoms with E-state index in [0.29, 0.717) is 53.5 Å². The number of nitrogens with one attached hydrogen (secondary N) is 1. The molecule has 3 aromatic heterocycles. The van der Waals surface area contributed by atoms with Crippen LogP contribution in [0.5, 0.6) is 5.75 Å². The minimum absolute atomic E-state index is 0.0341. The Morgan fingerprint density at radius 1 is 1.12 bits per heavy atom. The average Bonchev–Trinajstić information content (AvgIpc) is 3.47. The number of amides is 2. The van der Waals surface area contributed by atoms with Gasteiger partial charge in [-0.3, -0.25) is 14.4 Å². The normalized spacial score (nSPS) is 25.8. The number of piperazine rings is 1. The molecule has 0 unspecified atom stereocenters. The fraction of sp³-hybridized carbons (Fsp3) is 0.543. The van der Waals surface area contributed by atoms with Crippen molar-refractivity contribution in [2.24, 2.45) is 11.3 Å². The van der Waals surface area contributed by atoms with Crippen molar-refractivity contribution in [3.05, 3.63) is 46.2 Å². The van der Waals surface area contributed by atoms with Gasteiger partial charge in [-0.15, -0.1) is 0 Å². The Labute approximate surface area is 277 Å². The van der Waals surface area contributed by atoms with Crippen molar-refractivity contribution in [1.82, 2.24) is 29.7 Å². The number of phenols is 1. The fourth-order valence-corrected chi connectivity index (χ4v) is 8.89. The standard InChI is InChI=1S/C35H42N8O5/c1-6-21-29(41-11-12-42(23-9-8-22(23)41)33(47)27-24(44)10-7-20-31(27)48-18-37-20)30(46)28-32(36-13-25(38-28)40(4)5)43(21)14-26(45)39-35-15-34(16-35,17-35)19(2)3/h7,10,13,18-19,22-23,44H,6,8-9,11-12,14-17H2,1-5H3,(H,39,45)/t22-,23-,34?,35?/m0/s1. The summed E-state index contributed by atoms with van der Waals surface area (Å²) < 4.78 is 7.39. The molecule has 5 fully saturated rings. The zero-order chi connectivity index (χ0) is 33.7. The van der Waals surface area contributed by atoms with Crippen LogP contribution in [-0.2, 0) is 17.8 Å². The number of anilines is 2. The Morgan fingerprint density at radius 2 is 1.88 bits per heavy atom. The molecule has 4 aromatic rings. The van der Waals surface area contributed by atoms with Gasteiger partial charge in [0.2, 0.25) is 11.3 Å². The number of hydrogen-bond acceptors (Lipinski definition) is 10. The predicted octanol–water partition coefficient (Wildman–Crippen LogP) is 3.46. The third-order valence-electron chi connectivity index (χ3n) is 11.6. The predicted molar refractivity (Wildman–Crippen MR) is 180 cm³/mol. The Bertz CT molecular complexity index is 2030. The number of pyridine rings is 1. The molecule has 2 atom stereocenters.